The van der Waals surface area contributed by atoms with E-state index in [1.807, 2.05) is 0 Å². The van der Waals surface area contributed by atoms with E-state index >= 15 is 0 Å². The number of rotatable bonds is 6. The first-order valence-corrected chi connectivity index (χ1v) is 7.17. The Morgan fingerprint density at radius 2 is 2.00 bits per heavy atom. The van der Waals surface area contributed by atoms with Gasteiger partial charge in [0.15, 0.2) is 0 Å². The first kappa shape index (κ1) is 16.6. The van der Waals surface area contributed by atoms with E-state index in [0.717, 1.165) is 0 Å². The van der Waals surface area contributed by atoms with Gasteiger partial charge in [-0.3, -0.25) is 14.4 Å². The average molecular weight is 318 g/mol. The summed E-state index contributed by atoms with van der Waals surface area (Å²) >= 11 is 0. The van der Waals surface area contributed by atoms with E-state index < -0.39 is 6.04 Å². The lowest BCUT2D eigenvalue weighted by atomic mass is 10.1. The Labute approximate surface area is 131 Å². The van der Waals surface area contributed by atoms with Crippen LogP contribution in [-0.4, -0.2) is 46.3 Å². The van der Waals surface area contributed by atoms with Gasteiger partial charge < -0.3 is 15.7 Å². The molecular formula is C15H18N4O4. The van der Waals surface area contributed by atoms with Crippen molar-refractivity contribution in [2.45, 2.75) is 19.4 Å². The van der Waals surface area contributed by atoms with Gasteiger partial charge in [0, 0.05) is 11.9 Å². The van der Waals surface area contributed by atoms with Crippen LogP contribution in [0.3, 0.4) is 0 Å². The van der Waals surface area contributed by atoms with Crippen LogP contribution in [0.5, 0.6) is 0 Å². The Hall–Kier alpha value is -2.74. The average Bonchev–Trinajstić information content (AvgIpc) is 2.55. The van der Waals surface area contributed by atoms with Crippen LogP contribution < -0.4 is 16.2 Å². The van der Waals surface area contributed by atoms with Gasteiger partial charge in [-0.25, -0.2) is 5.10 Å². The number of H-pyrrole nitrogens is 1. The molecule has 0 saturated carbocycles. The molecule has 1 aromatic heterocycles. The highest BCUT2D eigenvalue weighted by molar-refractivity contribution is 5.91. The van der Waals surface area contributed by atoms with E-state index in [2.05, 4.69) is 20.8 Å². The number of benzene rings is 1. The van der Waals surface area contributed by atoms with Crippen LogP contribution in [0.25, 0.3) is 10.8 Å². The molecule has 0 fully saturated rings. The van der Waals surface area contributed by atoms with Crippen molar-refractivity contribution in [2.24, 2.45) is 0 Å². The van der Waals surface area contributed by atoms with Crippen molar-refractivity contribution in [1.82, 2.24) is 20.8 Å². The Kier molecular flexibility index (Phi) is 5.42. The normalized spacial score (nSPS) is 11.9. The van der Waals surface area contributed by atoms with Crippen LogP contribution in [0.15, 0.2) is 29.1 Å². The molecule has 0 spiro atoms. The highest BCUT2D eigenvalue weighted by Gasteiger charge is 2.17. The molecule has 1 atom stereocenters. The lowest BCUT2D eigenvalue weighted by Gasteiger charge is -2.13. The van der Waals surface area contributed by atoms with Crippen LogP contribution in [0.1, 0.15) is 12.6 Å². The molecule has 2 rings (SSSR count). The van der Waals surface area contributed by atoms with Crippen LogP contribution in [0.2, 0.25) is 0 Å². The SMILES string of the molecule is C[C@H](NC(=O)Cc1n[nH]c(=O)c2ccccc12)C(=O)NCCO. The molecule has 0 aliphatic carbocycles. The number of aromatic amines is 1. The zero-order valence-electron chi connectivity index (χ0n) is 12.6. The number of carbonyl (C=O) groups excluding carboxylic acids is 2. The number of nitrogens with one attached hydrogen (secondary N) is 3. The fourth-order valence-corrected chi connectivity index (χ4v) is 2.15. The molecule has 0 radical (unpaired) electrons. The molecule has 0 aliphatic rings. The van der Waals surface area contributed by atoms with Crippen LogP contribution in [0.4, 0.5) is 0 Å². The van der Waals surface area contributed by atoms with E-state index in [-0.39, 0.29) is 36.9 Å². The van der Waals surface area contributed by atoms with E-state index in [1.165, 1.54) is 0 Å². The molecule has 1 aromatic carbocycles. The number of hydrogen-bond acceptors (Lipinski definition) is 5. The summed E-state index contributed by atoms with van der Waals surface area (Å²) in [7, 11) is 0. The van der Waals surface area contributed by atoms with Gasteiger partial charge in [-0.1, -0.05) is 18.2 Å². The number of carbonyl (C=O) groups is 2. The second-order valence-electron chi connectivity index (χ2n) is 5.03. The van der Waals surface area contributed by atoms with Crippen molar-refractivity contribution in [3.8, 4) is 0 Å². The summed E-state index contributed by atoms with van der Waals surface area (Å²) in [6.45, 7) is 1.51. The van der Waals surface area contributed by atoms with Crippen molar-refractivity contribution in [3.63, 3.8) is 0 Å². The molecule has 8 heteroatoms. The summed E-state index contributed by atoms with van der Waals surface area (Å²) < 4.78 is 0. The van der Waals surface area contributed by atoms with Gasteiger partial charge >= 0.3 is 0 Å². The van der Waals surface area contributed by atoms with Gasteiger partial charge in [0.05, 0.1) is 24.1 Å². The van der Waals surface area contributed by atoms with Gasteiger partial charge in [-0.15, -0.1) is 0 Å². The topological polar surface area (TPSA) is 124 Å². The lowest BCUT2D eigenvalue weighted by molar-refractivity contribution is -0.128. The van der Waals surface area contributed by atoms with Crippen LogP contribution in [0, 0.1) is 0 Å². The van der Waals surface area contributed by atoms with Crippen molar-refractivity contribution < 1.29 is 14.7 Å². The fourth-order valence-electron chi connectivity index (χ4n) is 2.15. The molecule has 4 N–H and O–H groups in total. The van der Waals surface area contributed by atoms with E-state index in [0.29, 0.717) is 16.5 Å². The molecular weight excluding hydrogens is 300 g/mol. The van der Waals surface area contributed by atoms with Crippen molar-refractivity contribution >= 4 is 22.6 Å². The minimum Gasteiger partial charge on any atom is -0.395 e. The van der Waals surface area contributed by atoms with Gasteiger partial charge in [0.2, 0.25) is 11.8 Å². The quantitative estimate of drug-likeness (QED) is 0.548. The maximum Gasteiger partial charge on any atom is 0.272 e. The molecule has 0 saturated heterocycles. The third-order valence-electron chi connectivity index (χ3n) is 3.28. The zero-order chi connectivity index (χ0) is 16.8. The standard InChI is InChI=1S/C15H18N4O4/c1-9(14(22)16-6-7-20)17-13(21)8-12-10-4-2-3-5-11(10)15(23)19-18-12/h2-5,9,20H,6-8H2,1H3,(H,16,22)(H,17,21)(H,19,23)/t9-/m0/s1. The Balaban J connectivity index is 2.08. The van der Waals surface area contributed by atoms with Crippen molar-refractivity contribution in [2.75, 3.05) is 13.2 Å². The Morgan fingerprint density at radius 3 is 2.70 bits per heavy atom. The molecule has 2 aromatic rings. The van der Waals surface area contributed by atoms with E-state index in [4.69, 9.17) is 5.11 Å². The predicted molar refractivity (Wildman–Crippen MR) is 83.8 cm³/mol. The van der Waals surface area contributed by atoms with Crippen LogP contribution in [-0.2, 0) is 16.0 Å². The number of aliphatic hydroxyl groups is 1. The highest BCUT2D eigenvalue weighted by atomic mass is 16.3. The molecule has 1 heterocycles. The van der Waals surface area contributed by atoms with Gasteiger partial charge in [0.25, 0.3) is 5.56 Å². The second kappa shape index (κ2) is 7.50. The Bertz CT molecular complexity index is 771. The number of nitrogens with zero attached hydrogens (tertiary/aromatic N) is 1. The monoisotopic (exact) mass is 318 g/mol. The van der Waals surface area contributed by atoms with Gasteiger partial charge in [0.1, 0.15) is 6.04 Å². The Morgan fingerprint density at radius 1 is 1.30 bits per heavy atom. The maximum atomic E-state index is 12.1. The molecule has 0 unspecified atom stereocenters. The summed E-state index contributed by atoms with van der Waals surface area (Å²) in [5.74, 6) is -0.770. The summed E-state index contributed by atoms with van der Waals surface area (Å²) in [5.41, 5.74) is 0.113. The van der Waals surface area contributed by atoms with Crippen molar-refractivity contribution in [3.05, 3.63) is 40.3 Å². The molecule has 8 nitrogen and oxygen atoms in total. The largest absolute Gasteiger partial charge is 0.395 e. The number of aromatic nitrogens is 2. The molecule has 2 amide bonds. The molecule has 23 heavy (non-hydrogen) atoms. The first-order chi connectivity index (χ1) is 11.0. The number of fused-ring (bicyclic) bond motifs is 1. The zero-order valence-corrected chi connectivity index (χ0v) is 12.6. The smallest absolute Gasteiger partial charge is 0.272 e. The predicted octanol–water partition coefficient (Wildman–Crippen LogP) is -0.921. The third kappa shape index (κ3) is 4.13. The van der Waals surface area contributed by atoms with E-state index in [9.17, 15) is 14.4 Å². The van der Waals surface area contributed by atoms with Gasteiger partial charge in [-0.05, 0) is 13.0 Å². The van der Waals surface area contributed by atoms with E-state index in [1.54, 1.807) is 31.2 Å². The summed E-state index contributed by atoms with van der Waals surface area (Å²) in [5, 5.41) is 21.0. The second-order valence-corrected chi connectivity index (χ2v) is 5.03. The maximum absolute atomic E-state index is 12.1. The number of aliphatic hydroxyl groups excluding tert-OH is 1. The van der Waals surface area contributed by atoms with Gasteiger partial charge in [-0.2, -0.15) is 5.10 Å². The number of amides is 2. The molecule has 0 aliphatic heterocycles. The first-order valence-electron chi connectivity index (χ1n) is 7.17. The third-order valence-corrected chi connectivity index (χ3v) is 3.28. The van der Waals surface area contributed by atoms with Crippen LogP contribution >= 0.6 is 0 Å². The highest BCUT2D eigenvalue weighted by Crippen LogP contribution is 2.12. The summed E-state index contributed by atoms with van der Waals surface area (Å²) in [6.07, 6.45) is -0.0606. The minimum atomic E-state index is -0.733. The fraction of sp³-hybridized carbons (Fsp3) is 0.333. The summed E-state index contributed by atoms with van der Waals surface area (Å²) in [6, 6.07) is 6.13. The molecule has 0 bridgehead atoms. The lowest BCUT2D eigenvalue weighted by Crippen LogP contribution is -2.46. The molecule has 122 valence electrons. The van der Waals surface area contributed by atoms with Crippen molar-refractivity contribution in [1.29, 1.82) is 0 Å². The minimum absolute atomic E-state index is 0.0606. The summed E-state index contributed by atoms with van der Waals surface area (Å²) in [4.78, 5) is 35.4. The number of hydrogen-bond donors (Lipinski definition) is 4.